The fourth-order valence-corrected chi connectivity index (χ4v) is 2.28. The predicted octanol–water partition coefficient (Wildman–Crippen LogP) is 2.42. The summed E-state index contributed by atoms with van der Waals surface area (Å²) in [6, 6.07) is 9.41. The summed E-state index contributed by atoms with van der Waals surface area (Å²) in [4.78, 5) is 12.3. The highest BCUT2D eigenvalue weighted by Crippen LogP contribution is 2.16. The Balaban J connectivity index is 2.45. The summed E-state index contributed by atoms with van der Waals surface area (Å²) < 4.78 is 5.49. The Kier molecular flexibility index (Phi) is 6.45. The van der Waals surface area contributed by atoms with Crippen molar-refractivity contribution in [3.8, 4) is 5.75 Å². The third-order valence-corrected chi connectivity index (χ3v) is 3.79. The van der Waals surface area contributed by atoms with Gasteiger partial charge in [-0.15, -0.1) is 0 Å². The quantitative estimate of drug-likeness (QED) is 0.723. The summed E-state index contributed by atoms with van der Waals surface area (Å²) >= 11 is 5.07. The molecule has 0 aliphatic carbocycles. The lowest BCUT2D eigenvalue weighted by atomic mass is 9.92. The van der Waals surface area contributed by atoms with E-state index in [0.717, 1.165) is 5.75 Å². The molecule has 0 saturated carbocycles. The van der Waals surface area contributed by atoms with E-state index in [-0.39, 0.29) is 12.3 Å². The first-order chi connectivity index (χ1) is 9.54. The van der Waals surface area contributed by atoms with E-state index in [1.807, 2.05) is 44.2 Å². The normalized spacial score (nSPS) is 10.9. The first-order valence-corrected chi connectivity index (χ1v) is 7.23. The number of rotatable bonds is 8. The van der Waals surface area contributed by atoms with Crippen LogP contribution in [-0.2, 0) is 4.79 Å². The summed E-state index contributed by atoms with van der Waals surface area (Å²) in [5.74, 6) is 0.657. The van der Waals surface area contributed by atoms with E-state index in [2.05, 4.69) is 5.32 Å². The second kappa shape index (κ2) is 7.85. The average molecular weight is 294 g/mol. The van der Waals surface area contributed by atoms with E-state index >= 15 is 0 Å². The van der Waals surface area contributed by atoms with Crippen LogP contribution < -0.4 is 15.8 Å². The zero-order valence-electron chi connectivity index (χ0n) is 12.0. The van der Waals surface area contributed by atoms with Crippen LogP contribution >= 0.6 is 12.2 Å². The SMILES string of the molecule is CCC(CC)(NC(=O)CCOc1ccccc1)C(N)=S. The predicted molar refractivity (Wildman–Crippen MR) is 84.8 cm³/mol. The number of nitrogens with one attached hydrogen (secondary N) is 1. The zero-order valence-corrected chi connectivity index (χ0v) is 12.8. The van der Waals surface area contributed by atoms with Crippen LogP contribution in [0.5, 0.6) is 5.75 Å². The van der Waals surface area contributed by atoms with Gasteiger partial charge in [-0.25, -0.2) is 0 Å². The second-order valence-electron chi connectivity index (χ2n) is 4.61. The molecule has 0 spiro atoms. The Morgan fingerprint density at radius 3 is 2.40 bits per heavy atom. The molecule has 20 heavy (non-hydrogen) atoms. The Bertz CT molecular complexity index is 444. The number of hydrogen-bond donors (Lipinski definition) is 2. The van der Waals surface area contributed by atoms with Gasteiger partial charge in [0.25, 0.3) is 0 Å². The smallest absolute Gasteiger partial charge is 0.224 e. The van der Waals surface area contributed by atoms with Crippen LogP contribution in [0, 0.1) is 0 Å². The molecule has 0 saturated heterocycles. The number of amides is 1. The van der Waals surface area contributed by atoms with E-state index < -0.39 is 5.54 Å². The lowest BCUT2D eigenvalue weighted by molar-refractivity contribution is -0.122. The third kappa shape index (κ3) is 4.49. The number of carbonyl (C=O) groups is 1. The molecular weight excluding hydrogens is 272 g/mol. The molecule has 3 N–H and O–H groups in total. The van der Waals surface area contributed by atoms with E-state index in [0.29, 0.717) is 24.4 Å². The fraction of sp³-hybridized carbons (Fsp3) is 0.467. The van der Waals surface area contributed by atoms with E-state index in [1.165, 1.54) is 0 Å². The van der Waals surface area contributed by atoms with Crippen molar-refractivity contribution in [3.63, 3.8) is 0 Å². The molecule has 0 unspecified atom stereocenters. The Hall–Kier alpha value is -1.62. The Labute approximate surface area is 125 Å². The second-order valence-corrected chi connectivity index (χ2v) is 5.05. The molecule has 1 amide bonds. The van der Waals surface area contributed by atoms with Crippen molar-refractivity contribution >= 4 is 23.1 Å². The number of nitrogens with two attached hydrogens (primary N) is 1. The maximum atomic E-state index is 12.0. The Morgan fingerprint density at radius 2 is 1.90 bits per heavy atom. The van der Waals surface area contributed by atoms with Gasteiger partial charge in [0.15, 0.2) is 0 Å². The fourth-order valence-electron chi connectivity index (χ4n) is 1.94. The maximum Gasteiger partial charge on any atom is 0.224 e. The van der Waals surface area contributed by atoms with Crippen molar-refractivity contribution in [2.24, 2.45) is 5.73 Å². The van der Waals surface area contributed by atoms with Crippen LogP contribution in [0.2, 0.25) is 0 Å². The van der Waals surface area contributed by atoms with Crippen molar-refractivity contribution in [1.29, 1.82) is 0 Å². The highest BCUT2D eigenvalue weighted by molar-refractivity contribution is 7.80. The summed E-state index contributed by atoms with van der Waals surface area (Å²) in [6.45, 7) is 4.25. The maximum absolute atomic E-state index is 12.0. The third-order valence-electron chi connectivity index (χ3n) is 3.40. The molecule has 5 heteroatoms. The van der Waals surface area contributed by atoms with Gasteiger partial charge in [-0.05, 0) is 25.0 Å². The minimum absolute atomic E-state index is 0.0996. The van der Waals surface area contributed by atoms with Gasteiger partial charge in [-0.2, -0.15) is 0 Å². The monoisotopic (exact) mass is 294 g/mol. The minimum atomic E-state index is -0.584. The topological polar surface area (TPSA) is 64.3 Å². The van der Waals surface area contributed by atoms with Crippen LogP contribution in [0.1, 0.15) is 33.1 Å². The van der Waals surface area contributed by atoms with E-state index in [4.69, 9.17) is 22.7 Å². The van der Waals surface area contributed by atoms with Gasteiger partial charge in [0.05, 0.1) is 23.6 Å². The van der Waals surface area contributed by atoms with E-state index in [1.54, 1.807) is 0 Å². The number of carbonyl (C=O) groups excluding carboxylic acids is 1. The molecule has 0 aliphatic heterocycles. The zero-order chi connectivity index (χ0) is 15.0. The van der Waals surface area contributed by atoms with Crippen LogP contribution in [0.15, 0.2) is 30.3 Å². The van der Waals surface area contributed by atoms with Gasteiger partial charge < -0.3 is 15.8 Å². The first kappa shape index (κ1) is 16.4. The molecule has 1 aromatic carbocycles. The van der Waals surface area contributed by atoms with Gasteiger partial charge in [-0.1, -0.05) is 44.3 Å². The van der Waals surface area contributed by atoms with Gasteiger partial charge in [0.2, 0.25) is 5.91 Å². The lowest BCUT2D eigenvalue weighted by Gasteiger charge is -2.31. The van der Waals surface area contributed by atoms with Crippen LogP contribution in [-0.4, -0.2) is 23.0 Å². The van der Waals surface area contributed by atoms with Gasteiger partial charge >= 0.3 is 0 Å². The lowest BCUT2D eigenvalue weighted by Crippen LogP contribution is -2.56. The number of thiocarbonyl (C=S) groups is 1. The van der Waals surface area contributed by atoms with Crippen LogP contribution in [0.25, 0.3) is 0 Å². The number of ether oxygens (including phenoxy) is 1. The highest BCUT2D eigenvalue weighted by Gasteiger charge is 2.30. The number of benzene rings is 1. The number of hydrogen-bond acceptors (Lipinski definition) is 3. The van der Waals surface area contributed by atoms with Crippen LogP contribution in [0.3, 0.4) is 0 Å². The molecular formula is C15H22N2O2S. The number of para-hydroxylation sites is 1. The van der Waals surface area contributed by atoms with Crippen molar-refractivity contribution in [2.75, 3.05) is 6.61 Å². The van der Waals surface area contributed by atoms with Crippen molar-refractivity contribution in [3.05, 3.63) is 30.3 Å². The van der Waals surface area contributed by atoms with Crippen molar-refractivity contribution < 1.29 is 9.53 Å². The molecule has 1 aromatic rings. The molecule has 0 fully saturated rings. The average Bonchev–Trinajstić information content (AvgIpc) is 2.45. The molecule has 110 valence electrons. The van der Waals surface area contributed by atoms with Gasteiger partial charge in [0, 0.05) is 0 Å². The molecule has 0 aliphatic rings. The molecule has 0 heterocycles. The highest BCUT2D eigenvalue weighted by atomic mass is 32.1. The largest absolute Gasteiger partial charge is 0.493 e. The van der Waals surface area contributed by atoms with Crippen molar-refractivity contribution in [2.45, 2.75) is 38.6 Å². The molecule has 0 atom stereocenters. The van der Waals surface area contributed by atoms with Crippen molar-refractivity contribution in [1.82, 2.24) is 5.32 Å². The summed E-state index contributed by atoms with van der Waals surface area (Å²) in [7, 11) is 0. The molecule has 0 bridgehead atoms. The summed E-state index contributed by atoms with van der Waals surface area (Å²) in [5.41, 5.74) is 5.16. The summed E-state index contributed by atoms with van der Waals surface area (Å²) in [5, 5.41) is 2.93. The molecule has 1 rings (SSSR count). The Morgan fingerprint density at radius 1 is 1.30 bits per heavy atom. The first-order valence-electron chi connectivity index (χ1n) is 6.83. The molecule has 0 radical (unpaired) electrons. The van der Waals surface area contributed by atoms with E-state index in [9.17, 15) is 4.79 Å². The molecule has 4 nitrogen and oxygen atoms in total. The van der Waals surface area contributed by atoms with Gasteiger partial charge in [-0.3, -0.25) is 4.79 Å². The summed E-state index contributed by atoms with van der Waals surface area (Å²) in [6.07, 6.45) is 1.65. The standard InChI is InChI=1S/C15H22N2O2S/c1-3-15(4-2,14(16)20)17-13(18)10-11-19-12-8-6-5-7-9-12/h5-9H,3-4,10-11H2,1-2H3,(H2,16,20)(H,17,18). The minimum Gasteiger partial charge on any atom is -0.493 e. The van der Waals surface area contributed by atoms with Crippen LogP contribution in [0.4, 0.5) is 0 Å². The molecule has 0 aromatic heterocycles. The van der Waals surface area contributed by atoms with Gasteiger partial charge in [0.1, 0.15) is 5.75 Å².